The van der Waals surface area contributed by atoms with Crippen LogP contribution in [0.2, 0.25) is 0 Å². The summed E-state index contributed by atoms with van der Waals surface area (Å²) in [5.41, 5.74) is 1.12. The van der Waals surface area contributed by atoms with Gasteiger partial charge in [0.1, 0.15) is 0 Å². The number of amides is 1. The molecule has 0 unspecified atom stereocenters. The van der Waals surface area contributed by atoms with Gasteiger partial charge in [-0.25, -0.2) is 4.79 Å². The molecule has 1 aliphatic heterocycles. The maximum atomic E-state index is 12.4. The minimum Gasteiger partial charge on any atom is -0.456 e. The Morgan fingerprint density at radius 1 is 1.19 bits per heavy atom. The normalized spacial score (nSPS) is 20.3. The Labute approximate surface area is 151 Å². The van der Waals surface area contributed by atoms with Gasteiger partial charge in [0, 0.05) is 18.6 Å². The minimum atomic E-state index is -0.508. The van der Waals surface area contributed by atoms with Crippen molar-refractivity contribution in [2.24, 2.45) is 0 Å². The Kier molecular flexibility index (Phi) is 5.44. The zero-order chi connectivity index (χ0) is 18.7. The number of aromatic nitrogens is 1. The highest BCUT2D eigenvalue weighted by molar-refractivity contribution is 5.81. The van der Waals surface area contributed by atoms with Crippen LogP contribution in [0.4, 0.5) is 0 Å². The number of carbonyl (C=O) groups is 2. The van der Waals surface area contributed by atoms with Crippen LogP contribution in [0.3, 0.4) is 0 Å². The van der Waals surface area contributed by atoms with Gasteiger partial charge >= 0.3 is 11.7 Å². The van der Waals surface area contributed by atoms with Crippen molar-refractivity contribution in [1.82, 2.24) is 9.47 Å². The summed E-state index contributed by atoms with van der Waals surface area (Å²) in [6, 6.07) is 7.37. The van der Waals surface area contributed by atoms with Crippen molar-refractivity contribution in [2.45, 2.75) is 58.2 Å². The number of hydrogen-bond acceptors (Lipinski definition) is 5. The summed E-state index contributed by atoms with van der Waals surface area (Å²) >= 11 is 0. The molecule has 0 radical (unpaired) electrons. The van der Waals surface area contributed by atoms with Crippen LogP contribution < -0.4 is 5.76 Å². The van der Waals surface area contributed by atoms with Gasteiger partial charge in [0.05, 0.1) is 11.9 Å². The SMILES string of the molecule is C[C@@H]1CCC[C@@H](C)N1C(=O)COC(=O)CCn1c(=O)oc2ccccc21. The number of para-hydroxylation sites is 2. The molecule has 2 atom stereocenters. The van der Waals surface area contributed by atoms with E-state index in [0.29, 0.717) is 11.1 Å². The summed E-state index contributed by atoms with van der Waals surface area (Å²) < 4.78 is 11.7. The third kappa shape index (κ3) is 3.81. The average molecular weight is 360 g/mol. The van der Waals surface area contributed by atoms with Gasteiger partial charge in [0.15, 0.2) is 12.2 Å². The van der Waals surface area contributed by atoms with E-state index in [2.05, 4.69) is 0 Å². The highest BCUT2D eigenvalue weighted by Gasteiger charge is 2.29. The fraction of sp³-hybridized carbons (Fsp3) is 0.526. The fourth-order valence-electron chi connectivity index (χ4n) is 3.63. The molecule has 140 valence electrons. The molecule has 3 rings (SSSR count). The van der Waals surface area contributed by atoms with E-state index in [0.717, 1.165) is 19.3 Å². The van der Waals surface area contributed by atoms with Crippen molar-refractivity contribution >= 4 is 23.0 Å². The third-order valence-electron chi connectivity index (χ3n) is 4.95. The van der Waals surface area contributed by atoms with E-state index in [9.17, 15) is 14.4 Å². The van der Waals surface area contributed by atoms with Crippen LogP contribution in [-0.2, 0) is 20.9 Å². The molecule has 7 heteroatoms. The number of piperidine rings is 1. The van der Waals surface area contributed by atoms with Crippen LogP contribution in [0.5, 0.6) is 0 Å². The van der Waals surface area contributed by atoms with Crippen LogP contribution in [0, 0.1) is 0 Å². The molecule has 0 bridgehead atoms. The molecule has 26 heavy (non-hydrogen) atoms. The molecule has 2 aromatic rings. The molecule has 0 N–H and O–H groups in total. The minimum absolute atomic E-state index is 0.00181. The first kappa shape index (κ1) is 18.2. The molecule has 0 saturated carbocycles. The van der Waals surface area contributed by atoms with Crippen molar-refractivity contribution in [1.29, 1.82) is 0 Å². The van der Waals surface area contributed by atoms with Crippen LogP contribution >= 0.6 is 0 Å². The lowest BCUT2D eigenvalue weighted by Gasteiger charge is -2.38. The monoisotopic (exact) mass is 360 g/mol. The number of oxazole rings is 1. The maximum absolute atomic E-state index is 12.4. The number of aryl methyl sites for hydroxylation is 1. The first-order valence-corrected chi connectivity index (χ1v) is 9.02. The van der Waals surface area contributed by atoms with Gasteiger partial charge < -0.3 is 14.1 Å². The van der Waals surface area contributed by atoms with Crippen molar-refractivity contribution in [2.75, 3.05) is 6.61 Å². The lowest BCUT2D eigenvalue weighted by Crippen LogP contribution is -2.49. The zero-order valence-corrected chi connectivity index (χ0v) is 15.1. The summed E-state index contributed by atoms with van der Waals surface area (Å²) in [4.78, 5) is 38.1. The molecule has 1 saturated heterocycles. The van der Waals surface area contributed by atoms with E-state index < -0.39 is 11.7 Å². The van der Waals surface area contributed by atoms with E-state index in [-0.39, 0.29) is 37.6 Å². The summed E-state index contributed by atoms with van der Waals surface area (Å²) in [7, 11) is 0. The molecule has 0 spiro atoms. The van der Waals surface area contributed by atoms with Gasteiger partial charge in [-0.15, -0.1) is 0 Å². The predicted octanol–water partition coefficient (Wildman–Crippen LogP) is 2.32. The number of likely N-dealkylation sites (tertiary alicyclic amines) is 1. The van der Waals surface area contributed by atoms with Crippen molar-refractivity contribution in [3.05, 3.63) is 34.8 Å². The van der Waals surface area contributed by atoms with Crippen molar-refractivity contribution in [3.8, 4) is 0 Å². The van der Waals surface area contributed by atoms with E-state index in [4.69, 9.17) is 9.15 Å². The van der Waals surface area contributed by atoms with Gasteiger partial charge in [-0.3, -0.25) is 14.2 Å². The maximum Gasteiger partial charge on any atom is 0.419 e. The number of carbonyl (C=O) groups excluding carboxylic acids is 2. The number of hydrogen-bond donors (Lipinski definition) is 0. The Morgan fingerprint density at radius 3 is 2.62 bits per heavy atom. The summed E-state index contributed by atoms with van der Waals surface area (Å²) in [5, 5.41) is 0. The molecule has 1 fully saturated rings. The molecule has 1 aromatic heterocycles. The quantitative estimate of drug-likeness (QED) is 0.764. The molecule has 7 nitrogen and oxygen atoms in total. The summed E-state index contributed by atoms with van der Waals surface area (Å²) in [5.74, 6) is -1.18. The van der Waals surface area contributed by atoms with Gasteiger partial charge in [-0.2, -0.15) is 0 Å². The number of rotatable bonds is 5. The Hall–Kier alpha value is -2.57. The van der Waals surface area contributed by atoms with Crippen LogP contribution in [-0.4, -0.2) is 40.0 Å². The molecule has 2 heterocycles. The summed E-state index contributed by atoms with van der Waals surface area (Å²) in [6.07, 6.45) is 3.06. The Bertz CT molecular complexity index is 843. The summed E-state index contributed by atoms with van der Waals surface area (Å²) in [6.45, 7) is 3.94. The molecule has 1 aliphatic rings. The molecule has 1 amide bonds. The van der Waals surface area contributed by atoms with Gasteiger partial charge in [-0.05, 0) is 45.2 Å². The third-order valence-corrected chi connectivity index (χ3v) is 4.95. The number of nitrogens with zero attached hydrogens (tertiary/aromatic N) is 2. The largest absolute Gasteiger partial charge is 0.456 e. The van der Waals surface area contributed by atoms with Crippen LogP contribution in [0.1, 0.15) is 39.5 Å². The van der Waals surface area contributed by atoms with E-state index in [1.165, 1.54) is 4.57 Å². The number of ether oxygens (including phenoxy) is 1. The first-order chi connectivity index (χ1) is 12.5. The van der Waals surface area contributed by atoms with Gasteiger partial charge in [0.2, 0.25) is 0 Å². The fourth-order valence-corrected chi connectivity index (χ4v) is 3.63. The highest BCUT2D eigenvalue weighted by atomic mass is 16.5. The van der Waals surface area contributed by atoms with E-state index in [1.807, 2.05) is 18.7 Å². The second-order valence-electron chi connectivity index (χ2n) is 6.83. The first-order valence-electron chi connectivity index (χ1n) is 9.02. The predicted molar refractivity (Wildman–Crippen MR) is 95.7 cm³/mol. The van der Waals surface area contributed by atoms with Crippen LogP contribution in [0.25, 0.3) is 11.1 Å². The highest BCUT2D eigenvalue weighted by Crippen LogP contribution is 2.22. The second-order valence-corrected chi connectivity index (χ2v) is 6.83. The molecular formula is C19H24N2O5. The second kappa shape index (κ2) is 7.76. The number of fused-ring (bicyclic) bond motifs is 1. The lowest BCUT2D eigenvalue weighted by molar-refractivity contribution is -0.155. The lowest BCUT2D eigenvalue weighted by atomic mass is 9.97. The molecule has 0 aliphatic carbocycles. The Morgan fingerprint density at radius 2 is 1.88 bits per heavy atom. The van der Waals surface area contributed by atoms with Crippen molar-refractivity contribution < 1.29 is 18.7 Å². The standard InChI is InChI=1S/C19H24N2O5/c1-13-6-5-7-14(2)21(13)17(22)12-25-18(23)10-11-20-15-8-3-4-9-16(15)26-19(20)24/h3-4,8-9,13-14H,5-7,10-12H2,1-2H3/t13-,14-/m1/s1. The smallest absolute Gasteiger partial charge is 0.419 e. The Balaban J connectivity index is 1.53. The van der Waals surface area contributed by atoms with Gasteiger partial charge in [-0.1, -0.05) is 12.1 Å². The topological polar surface area (TPSA) is 81.8 Å². The molecule has 1 aromatic carbocycles. The van der Waals surface area contributed by atoms with Crippen LogP contribution in [0.15, 0.2) is 33.5 Å². The van der Waals surface area contributed by atoms with Crippen molar-refractivity contribution in [3.63, 3.8) is 0 Å². The van der Waals surface area contributed by atoms with E-state index >= 15 is 0 Å². The zero-order valence-electron chi connectivity index (χ0n) is 15.1. The van der Waals surface area contributed by atoms with E-state index in [1.54, 1.807) is 24.3 Å². The number of benzene rings is 1. The molecular weight excluding hydrogens is 336 g/mol. The number of esters is 1. The van der Waals surface area contributed by atoms with Gasteiger partial charge in [0.25, 0.3) is 5.91 Å². The average Bonchev–Trinajstić information content (AvgIpc) is 2.93.